The molecule has 0 bridgehead atoms. The van der Waals surface area contributed by atoms with Crippen LogP contribution in [0.15, 0.2) is 34.9 Å². The van der Waals surface area contributed by atoms with Crippen LogP contribution in [0.3, 0.4) is 0 Å². The van der Waals surface area contributed by atoms with Gasteiger partial charge in [-0.25, -0.2) is 0 Å². The molecule has 6 nitrogen and oxygen atoms in total. The Bertz CT molecular complexity index is 897. The van der Waals surface area contributed by atoms with Crippen molar-refractivity contribution in [2.24, 2.45) is 0 Å². The molecule has 1 unspecified atom stereocenters. The van der Waals surface area contributed by atoms with E-state index in [1.165, 1.54) is 11.3 Å². The van der Waals surface area contributed by atoms with Crippen molar-refractivity contribution in [3.05, 3.63) is 53.0 Å². The van der Waals surface area contributed by atoms with Crippen LogP contribution in [0.25, 0.3) is 11.6 Å². The van der Waals surface area contributed by atoms with Crippen LogP contribution in [0, 0.1) is 6.92 Å². The van der Waals surface area contributed by atoms with Crippen molar-refractivity contribution in [1.29, 1.82) is 0 Å². The molecule has 25 heavy (non-hydrogen) atoms. The Kier molecular flexibility index (Phi) is 4.05. The Labute approximate surface area is 146 Å². The molecule has 1 atom stereocenters. The largest absolute Gasteiger partial charge is 0.496 e. The lowest BCUT2D eigenvalue weighted by Gasteiger charge is -2.24. The van der Waals surface area contributed by atoms with Gasteiger partial charge in [0.1, 0.15) is 11.4 Å². The molecule has 6 heteroatoms. The molecule has 0 fully saturated rings. The zero-order valence-corrected chi connectivity index (χ0v) is 14.7. The van der Waals surface area contributed by atoms with Crippen molar-refractivity contribution in [2.75, 3.05) is 13.7 Å². The van der Waals surface area contributed by atoms with E-state index < -0.39 is 0 Å². The molecule has 1 aliphatic rings. The molecule has 2 aromatic heterocycles. The number of rotatable bonds is 4. The summed E-state index contributed by atoms with van der Waals surface area (Å²) >= 11 is 0. The fourth-order valence-corrected chi connectivity index (χ4v) is 3.44. The van der Waals surface area contributed by atoms with E-state index in [-0.39, 0.29) is 0 Å². The smallest absolute Gasteiger partial charge is 0.274 e. The Morgan fingerprint density at radius 2 is 2.20 bits per heavy atom. The molecule has 0 saturated carbocycles. The fourth-order valence-electron chi connectivity index (χ4n) is 3.44. The summed E-state index contributed by atoms with van der Waals surface area (Å²) in [7, 11) is 1.68. The molecule has 3 heterocycles. The third kappa shape index (κ3) is 2.93. The summed E-state index contributed by atoms with van der Waals surface area (Å²) in [6.07, 6.45) is 0.583. The third-order valence-corrected chi connectivity index (χ3v) is 4.72. The molecule has 0 radical (unpaired) electrons. The van der Waals surface area contributed by atoms with E-state index in [2.05, 4.69) is 52.1 Å². The second kappa shape index (κ2) is 6.37. The zero-order valence-electron chi connectivity index (χ0n) is 14.7. The second-order valence-corrected chi connectivity index (χ2v) is 6.48. The molecular weight excluding hydrogens is 316 g/mol. The molecule has 1 aromatic carbocycles. The first-order chi connectivity index (χ1) is 12.2. The second-order valence-electron chi connectivity index (χ2n) is 6.48. The van der Waals surface area contributed by atoms with Crippen LogP contribution in [0.2, 0.25) is 0 Å². The van der Waals surface area contributed by atoms with Crippen LogP contribution in [-0.2, 0) is 13.0 Å². The number of methoxy groups -OCH3 is 1. The summed E-state index contributed by atoms with van der Waals surface area (Å²) in [6.45, 7) is 6.08. The van der Waals surface area contributed by atoms with Gasteiger partial charge in [-0.2, -0.15) is 4.98 Å². The number of hydrogen-bond donors (Lipinski definition) is 1. The van der Waals surface area contributed by atoms with Crippen molar-refractivity contribution in [3.63, 3.8) is 0 Å². The quantitative estimate of drug-likeness (QED) is 0.792. The molecule has 4 rings (SSSR count). The van der Waals surface area contributed by atoms with E-state index in [1.54, 1.807) is 7.11 Å². The predicted molar refractivity (Wildman–Crippen MR) is 94.7 cm³/mol. The van der Waals surface area contributed by atoms with Gasteiger partial charge in [0, 0.05) is 36.8 Å². The number of nitrogens with zero attached hydrogens (tertiary/aromatic N) is 3. The Morgan fingerprint density at radius 1 is 1.32 bits per heavy atom. The molecule has 1 N–H and O–H groups in total. The summed E-state index contributed by atoms with van der Waals surface area (Å²) in [5, 5.41) is 7.63. The monoisotopic (exact) mass is 338 g/mol. The molecule has 0 aliphatic carbocycles. The molecule has 3 aromatic rings. The van der Waals surface area contributed by atoms with E-state index in [4.69, 9.17) is 9.26 Å². The van der Waals surface area contributed by atoms with Crippen LogP contribution in [0.1, 0.15) is 35.6 Å². The van der Waals surface area contributed by atoms with E-state index in [1.807, 2.05) is 12.1 Å². The minimum atomic E-state index is 0.335. The first-order valence-electron chi connectivity index (χ1n) is 8.55. The van der Waals surface area contributed by atoms with Gasteiger partial charge in [-0.05, 0) is 32.0 Å². The van der Waals surface area contributed by atoms with Crippen molar-refractivity contribution >= 4 is 0 Å². The van der Waals surface area contributed by atoms with Crippen molar-refractivity contribution in [1.82, 2.24) is 20.0 Å². The lowest BCUT2D eigenvalue weighted by molar-refractivity contribution is 0.405. The minimum absolute atomic E-state index is 0.335. The topological polar surface area (TPSA) is 65.1 Å². The van der Waals surface area contributed by atoms with E-state index in [0.717, 1.165) is 30.1 Å². The highest BCUT2D eigenvalue weighted by molar-refractivity contribution is 5.50. The molecule has 130 valence electrons. The van der Waals surface area contributed by atoms with Gasteiger partial charge < -0.3 is 19.1 Å². The van der Waals surface area contributed by atoms with E-state index >= 15 is 0 Å². The van der Waals surface area contributed by atoms with E-state index in [9.17, 15) is 0 Å². The Morgan fingerprint density at radius 3 is 3.04 bits per heavy atom. The first-order valence-corrected chi connectivity index (χ1v) is 8.55. The van der Waals surface area contributed by atoms with Gasteiger partial charge in [-0.15, -0.1) is 0 Å². The van der Waals surface area contributed by atoms with Gasteiger partial charge in [0.05, 0.1) is 7.11 Å². The standard InChI is InChI=1S/C19H22N4O2/c1-12-4-7-17(24-3)14(10-12)11-18-21-19(25-22-18)16-6-5-15-13(2)20-8-9-23(15)16/h4-7,10,13,20H,8-9,11H2,1-3H3. The van der Waals surface area contributed by atoms with Gasteiger partial charge in [-0.3, -0.25) is 0 Å². The lowest BCUT2D eigenvalue weighted by Crippen LogP contribution is -2.31. The van der Waals surface area contributed by atoms with Crippen molar-refractivity contribution in [3.8, 4) is 17.3 Å². The van der Waals surface area contributed by atoms with Crippen molar-refractivity contribution in [2.45, 2.75) is 32.9 Å². The van der Waals surface area contributed by atoms with Gasteiger partial charge in [-0.1, -0.05) is 22.9 Å². The highest BCUT2D eigenvalue weighted by Gasteiger charge is 2.22. The number of ether oxygens (including phenoxy) is 1. The molecule has 0 saturated heterocycles. The van der Waals surface area contributed by atoms with Crippen LogP contribution < -0.4 is 10.1 Å². The maximum absolute atomic E-state index is 5.54. The van der Waals surface area contributed by atoms with Crippen LogP contribution in [0.5, 0.6) is 5.75 Å². The number of hydrogen-bond acceptors (Lipinski definition) is 5. The van der Waals surface area contributed by atoms with Crippen LogP contribution in [-0.4, -0.2) is 28.4 Å². The average molecular weight is 338 g/mol. The molecule has 1 aliphatic heterocycles. The third-order valence-electron chi connectivity index (χ3n) is 4.72. The maximum atomic E-state index is 5.54. The van der Waals surface area contributed by atoms with Crippen LogP contribution >= 0.6 is 0 Å². The summed E-state index contributed by atoms with van der Waals surface area (Å²) in [6, 6.07) is 10.6. The summed E-state index contributed by atoms with van der Waals surface area (Å²) in [4.78, 5) is 4.61. The normalized spacial score (nSPS) is 16.7. The summed E-state index contributed by atoms with van der Waals surface area (Å²) < 4.78 is 13.2. The van der Waals surface area contributed by atoms with Gasteiger partial charge >= 0.3 is 0 Å². The summed E-state index contributed by atoms with van der Waals surface area (Å²) in [5.41, 5.74) is 4.48. The van der Waals surface area contributed by atoms with E-state index in [0.29, 0.717) is 24.2 Å². The number of aryl methyl sites for hydroxylation is 1. The minimum Gasteiger partial charge on any atom is -0.496 e. The zero-order chi connectivity index (χ0) is 17.4. The first kappa shape index (κ1) is 15.9. The molecule has 0 amide bonds. The average Bonchev–Trinajstić information content (AvgIpc) is 3.22. The number of fused-ring (bicyclic) bond motifs is 1. The Balaban J connectivity index is 1.63. The molecule has 0 spiro atoms. The Hall–Kier alpha value is -2.60. The number of benzene rings is 1. The van der Waals surface area contributed by atoms with Gasteiger partial charge in [0.2, 0.25) is 0 Å². The fraction of sp³-hybridized carbons (Fsp3) is 0.368. The van der Waals surface area contributed by atoms with Crippen molar-refractivity contribution < 1.29 is 9.26 Å². The highest BCUT2D eigenvalue weighted by atomic mass is 16.5. The lowest BCUT2D eigenvalue weighted by atomic mass is 10.1. The predicted octanol–water partition coefficient (Wildman–Crippen LogP) is 3.11. The molecular formula is C19H22N4O2. The maximum Gasteiger partial charge on any atom is 0.274 e. The highest BCUT2D eigenvalue weighted by Crippen LogP contribution is 2.28. The van der Waals surface area contributed by atoms with Gasteiger partial charge in [0.25, 0.3) is 5.89 Å². The number of aromatic nitrogens is 3. The van der Waals surface area contributed by atoms with Gasteiger partial charge in [0.15, 0.2) is 5.82 Å². The SMILES string of the molecule is COc1ccc(C)cc1Cc1noc(-c2ccc3n2CCNC3C)n1. The van der Waals surface area contributed by atoms with Crippen LogP contribution in [0.4, 0.5) is 0 Å². The summed E-state index contributed by atoms with van der Waals surface area (Å²) in [5.74, 6) is 2.08. The number of nitrogens with one attached hydrogen (secondary N) is 1.